The highest BCUT2D eigenvalue weighted by atomic mass is 32.2. The van der Waals surface area contributed by atoms with E-state index in [1.165, 1.54) is 12.1 Å². The van der Waals surface area contributed by atoms with Gasteiger partial charge in [0.25, 0.3) is 0 Å². The van der Waals surface area contributed by atoms with Crippen LogP contribution in [0, 0.1) is 23.7 Å². The van der Waals surface area contributed by atoms with Crippen molar-refractivity contribution in [3.05, 3.63) is 29.8 Å². The van der Waals surface area contributed by atoms with Crippen LogP contribution in [0.3, 0.4) is 0 Å². The third-order valence-corrected chi connectivity index (χ3v) is 4.96. The highest BCUT2D eigenvalue weighted by Gasteiger charge is 2.41. The molecule has 0 bridgehead atoms. The Hall–Kier alpha value is -1.38. The molecule has 1 N–H and O–H groups in total. The Balaban J connectivity index is 3.17. The molecule has 1 rings (SSSR count). The molecule has 0 radical (unpaired) electrons. The first-order valence-corrected chi connectivity index (χ1v) is 7.52. The lowest BCUT2D eigenvalue weighted by atomic mass is 9.77. The summed E-state index contributed by atoms with van der Waals surface area (Å²) in [4.78, 5) is 0.170. The van der Waals surface area contributed by atoms with Gasteiger partial charge in [0.2, 0.25) is 10.0 Å². The van der Waals surface area contributed by atoms with Crippen molar-refractivity contribution < 1.29 is 8.42 Å². The summed E-state index contributed by atoms with van der Waals surface area (Å²) in [5.74, 6) is 0. The molecule has 0 aromatic heterocycles. The Morgan fingerprint density at radius 2 is 1.58 bits per heavy atom. The molecular weight excluding hydrogens is 260 g/mol. The average molecular weight is 280 g/mol. The standard InChI is InChI=1S/C14H20N2O2S/c1-11-6-8-12(9-7-11)19(17,18)16-14(5,10-15)13(2,3)4/h6-9,16H,1-5H3/t14-/m0/s1. The zero-order valence-electron chi connectivity index (χ0n) is 12.0. The van der Waals surface area contributed by atoms with Crippen LogP contribution in [0.15, 0.2) is 29.2 Å². The van der Waals surface area contributed by atoms with Gasteiger partial charge in [0.05, 0.1) is 11.0 Å². The van der Waals surface area contributed by atoms with Crippen molar-refractivity contribution in [2.45, 2.75) is 45.1 Å². The second-order valence-electron chi connectivity index (χ2n) is 5.91. The molecule has 0 amide bonds. The summed E-state index contributed by atoms with van der Waals surface area (Å²) in [6.07, 6.45) is 0. The van der Waals surface area contributed by atoms with Gasteiger partial charge in [0.1, 0.15) is 5.54 Å². The van der Waals surface area contributed by atoms with E-state index in [4.69, 9.17) is 0 Å². The number of nitrogens with one attached hydrogen (secondary N) is 1. The molecule has 1 atom stereocenters. The minimum atomic E-state index is -3.70. The fourth-order valence-corrected chi connectivity index (χ4v) is 2.89. The zero-order chi connectivity index (χ0) is 14.9. The first-order chi connectivity index (χ1) is 8.52. The van der Waals surface area contributed by atoms with Crippen molar-refractivity contribution in [1.82, 2.24) is 4.72 Å². The van der Waals surface area contributed by atoms with Gasteiger partial charge in [0.15, 0.2) is 0 Å². The summed E-state index contributed by atoms with van der Waals surface area (Å²) in [6, 6.07) is 8.61. The molecule has 0 heterocycles. The Kier molecular flexibility index (Phi) is 4.08. The van der Waals surface area contributed by atoms with Gasteiger partial charge in [-0.15, -0.1) is 0 Å². The van der Waals surface area contributed by atoms with Gasteiger partial charge in [-0.05, 0) is 31.4 Å². The van der Waals surface area contributed by atoms with E-state index >= 15 is 0 Å². The minimum Gasteiger partial charge on any atom is -0.207 e. The number of sulfonamides is 1. The number of hydrogen-bond acceptors (Lipinski definition) is 3. The van der Waals surface area contributed by atoms with E-state index in [1.807, 2.05) is 27.7 Å². The first-order valence-electron chi connectivity index (χ1n) is 6.04. The van der Waals surface area contributed by atoms with Gasteiger partial charge in [-0.25, -0.2) is 8.42 Å². The van der Waals surface area contributed by atoms with Crippen LogP contribution >= 0.6 is 0 Å². The van der Waals surface area contributed by atoms with E-state index in [2.05, 4.69) is 10.8 Å². The van der Waals surface area contributed by atoms with E-state index in [-0.39, 0.29) is 4.90 Å². The normalized spacial score (nSPS) is 15.6. The maximum atomic E-state index is 12.3. The topological polar surface area (TPSA) is 70.0 Å². The van der Waals surface area contributed by atoms with Gasteiger partial charge in [-0.2, -0.15) is 9.98 Å². The average Bonchev–Trinajstić information content (AvgIpc) is 2.27. The highest BCUT2D eigenvalue weighted by molar-refractivity contribution is 7.89. The lowest BCUT2D eigenvalue weighted by Crippen LogP contribution is -2.53. The number of hydrogen-bond donors (Lipinski definition) is 1. The summed E-state index contributed by atoms with van der Waals surface area (Å²) in [7, 11) is -3.70. The molecule has 0 aliphatic rings. The molecule has 5 heteroatoms. The van der Waals surface area contributed by atoms with Crippen LogP contribution in [-0.4, -0.2) is 14.0 Å². The summed E-state index contributed by atoms with van der Waals surface area (Å²) in [5.41, 5.74) is -0.700. The van der Waals surface area contributed by atoms with Crippen LogP contribution < -0.4 is 4.72 Å². The highest BCUT2D eigenvalue weighted by Crippen LogP contribution is 2.31. The number of aryl methyl sites for hydroxylation is 1. The van der Waals surface area contributed by atoms with E-state index in [9.17, 15) is 13.7 Å². The molecule has 0 aliphatic carbocycles. The third kappa shape index (κ3) is 3.34. The molecule has 0 saturated carbocycles. The summed E-state index contributed by atoms with van der Waals surface area (Å²) in [6.45, 7) is 8.97. The summed E-state index contributed by atoms with van der Waals surface area (Å²) in [5, 5.41) is 9.30. The van der Waals surface area contributed by atoms with Crippen LogP contribution in [0.1, 0.15) is 33.3 Å². The molecule has 19 heavy (non-hydrogen) atoms. The van der Waals surface area contributed by atoms with Crippen molar-refractivity contribution >= 4 is 10.0 Å². The number of nitrogens with zero attached hydrogens (tertiary/aromatic N) is 1. The molecule has 0 unspecified atom stereocenters. The summed E-state index contributed by atoms with van der Waals surface area (Å²) >= 11 is 0. The number of rotatable bonds is 3. The lowest BCUT2D eigenvalue weighted by Gasteiger charge is -2.36. The molecule has 1 aromatic rings. The molecule has 1 aromatic carbocycles. The van der Waals surface area contributed by atoms with Gasteiger partial charge in [-0.3, -0.25) is 0 Å². The lowest BCUT2D eigenvalue weighted by molar-refractivity contribution is 0.247. The second kappa shape index (κ2) is 4.95. The molecule has 0 aliphatic heterocycles. The van der Waals surface area contributed by atoms with Crippen molar-refractivity contribution in [2.24, 2.45) is 5.41 Å². The van der Waals surface area contributed by atoms with Gasteiger partial charge >= 0.3 is 0 Å². The van der Waals surface area contributed by atoms with Crippen LogP contribution in [0.2, 0.25) is 0 Å². The second-order valence-corrected chi connectivity index (χ2v) is 7.59. The maximum absolute atomic E-state index is 12.3. The van der Waals surface area contributed by atoms with Gasteiger partial charge < -0.3 is 0 Å². The third-order valence-electron chi connectivity index (χ3n) is 3.39. The van der Waals surface area contributed by atoms with Crippen LogP contribution in [0.4, 0.5) is 0 Å². The largest absolute Gasteiger partial charge is 0.241 e. The minimum absolute atomic E-state index is 0.170. The Morgan fingerprint density at radius 3 is 1.95 bits per heavy atom. The van der Waals surface area contributed by atoms with E-state index in [1.54, 1.807) is 19.1 Å². The van der Waals surface area contributed by atoms with E-state index < -0.39 is 21.0 Å². The van der Waals surface area contributed by atoms with Crippen molar-refractivity contribution in [3.8, 4) is 6.07 Å². The zero-order valence-corrected chi connectivity index (χ0v) is 12.8. The van der Waals surface area contributed by atoms with Crippen LogP contribution in [-0.2, 0) is 10.0 Å². The van der Waals surface area contributed by atoms with Crippen molar-refractivity contribution in [3.63, 3.8) is 0 Å². The fraction of sp³-hybridized carbons (Fsp3) is 0.500. The first kappa shape index (κ1) is 15.7. The number of benzene rings is 1. The van der Waals surface area contributed by atoms with E-state index in [0.29, 0.717) is 0 Å². The van der Waals surface area contributed by atoms with Gasteiger partial charge in [0, 0.05) is 0 Å². The smallest absolute Gasteiger partial charge is 0.207 e. The molecule has 104 valence electrons. The molecule has 0 spiro atoms. The Labute approximate surface area is 115 Å². The van der Waals surface area contributed by atoms with Crippen molar-refractivity contribution in [1.29, 1.82) is 5.26 Å². The molecule has 0 fully saturated rings. The number of nitriles is 1. The Morgan fingerprint density at radius 1 is 1.11 bits per heavy atom. The van der Waals surface area contributed by atoms with Gasteiger partial charge in [-0.1, -0.05) is 38.5 Å². The molecule has 4 nitrogen and oxygen atoms in total. The maximum Gasteiger partial charge on any atom is 0.241 e. The predicted octanol–water partition coefficient (Wildman–Crippen LogP) is 2.60. The predicted molar refractivity (Wildman–Crippen MR) is 75.0 cm³/mol. The van der Waals surface area contributed by atoms with Crippen LogP contribution in [0.25, 0.3) is 0 Å². The Bertz CT molecular complexity index is 592. The van der Waals surface area contributed by atoms with Crippen LogP contribution in [0.5, 0.6) is 0 Å². The van der Waals surface area contributed by atoms with E-state index in [0.717, 1.165) is 5.56 Å². The molecular formula is C14H20N2O2S. The fourth-order valence-electron chi connectivity index (χ4n) is 1.39. The van der Waals surface area contributed by atoms with Crippen molar-refractivity contribution in [2.75, 3.05) is 0 Å². The molecule has 0 saturated heterocycles. The summed E-state index contributed by atoms with van der Waals surface area (Å²) < 4.78 is 27.1. The SMILES string of the molecule is Cc1ccc(S(=O)(=O)N[C@@](C)(C#N)C(C)(C)C)cc1. The quantitative estimate of drug-likeness (QED) is 0.925. The monoisotopic (exact) mass is 280 g/mol.